The summed E-state index contributed by atoms with van der Waals surface area (Å²) in [5.41, 5.74) is 3.78. The first kappa shape index (κ1) is 17.5. The van der Waals surface area contributed by atoms with Crippen LogP contribution in [0.1, 0.15) is 35.6 Å². The van der Waals surface area contributed by atoms with Gasteiger partial charge in [0.1, 0.15) is 0 Å². The Hall–Kier alpha value is -1.94. The molecule has 0 radical (unpaired) electrons. The Morgan fingerprint density at radius 1 is 1.08 bits per heavy atom. The lowest BCUT2D eigenvalue weighted by atomic mass is 9.72. The van der Waals surface area contributed by atoms with Gasteiger partial charge in [-0.25, -0.2) is 0 Å². The molecule has 2 aromatic carbocycles. The molecule has 2 aliphatic rings. The molecule has 4 rings (SSSR count). The Morgan fingerprint density at radius 3 is 2.54 bits per heavy atom. The third-order valence-electron chi connectivity index (χ3n) is 6.15. The molecule has 1 aliphatic carbocycles. The summed E-state index contributed by atoms with van der Waals surface area (Å²) >= 11 is 0. The van der Waals surface area contributed by atoms with Gasteiger partial charge in [0.05, 0.1) is 12.1 Å². The van der Waals surface area contributed by atoms with Crippen LogP contribution in [0.3, 0.4) is 0 Å². The molecular formula is C23H28N2O. The van der Waals surface area contributed by atoms with E-state index in [0.717, 1.165) is 32.5 Å². The van der Waals surface area contributed by atoms with Crippen LogP contribution in [-0.4, -0.2) is 42.8 Å². The molecule has 2 atom stereocenters. The highest BCUT2D eigenvalue weighted by atomic mass is 16.3. The molecule has 0 bridgehead atoms. The van der Waals surface area contributed by atoms with E-state index in [1.54, 1.807) is 0 Å². The highest BCUT2D eigenvalue weighted by Gasteiger charge is 2.52. The molecule has 0 amide bonds. The van der Waals surface area contributed by atoms with Crippen LogP contribution in [0.15, 0.2) is 60.7 Å². The number of aliphatic hydroxyl groups excluding tert-OH is 1. The van der Waals surface area contributed by atoms with Gasteiger partial charge < -0.3 is 10.4 Å². The summed E-state index contributed by atoms with van der Waals surface area (Å²) in [6.45, 7) is 2.78. The second-order valence-electron chi connectivity index (χ2n) is 7.64. The summed E-state index contributed by atoms with van der Waals surface area (Å²) in [6, 6.07) is 19.1. The minimum atomic E-state index is -0.350. The average molecular weight is 348 g/mol. The van der Waals surface area contributed by atoms with Crippen LogP contribution in [-0.2, 0) is 5.41 Å². The fraction of sp³-hybridized carbons (Fsp3) is 0.391. The lowest BCUT2D eigenvalue weighted by Crippen LogP contribution is -2.48. The summed E-state index contributed by atoms with van der Waals surface area (Å²) in [5, 5.41) is 14.8. The van der Waals surface area contributed by atoms with Gasteiger partial charge in [-0.3, -0.25) is 4.90 Å². The number of fused-ring (bicyclic) bond motifs is 2. The summed E-state index contributed by atoms with van der Waals surface area (Å²) in [7, 11) is 2.13. The van der Waals surface area contributed by atoms with Crippen LogP contribution in [0.25, 0.3) is 6.08 Å². The molecule has 1 heterocycles. The number of nitrogens with one attached hydrogen (secondary N) is 1. The van der Waals surface area contributed by atoms with E-state index in [1.807, 2.05) is 6.07 Å². The topological polar surface area (TPSA) is 35.5 Å². The largest absolute Gasteiger partial charge is 0.390 e. The number of rotatable bonds is 4. The normalized spacial score (nSPS) is 24.4. The van der Waals surface area contributed by atoms with Crippen molar-refractivity contribution in [2.45, 2.75) is 30.4 Å². The van der Waals surface area contributed by atoms with E-state index in [0.29, 0.717) is 0 Å². The molecule has 26 heavy (non-hydrogen) atoms. The van der Waals surface area contributed by atoms with E-state index in [2.05, 4.69) is 77.9 Å². The second-order valence-corrected chi connectivity index (χ2v) is 7.64. The van der Waals surface area contributed by atoms with Gasteiger partial charge in [0.2, 0.25) is 0 Å². The molecule has 3 heteroatoms. The Balaban J connectivity index is 1.57. The van der Waals surface area contributed by atoms with Crippen molar-refractivity contribution in [3.8, 4) is 0 Å². The lowest BCUT2D eigenvalue weighted by Gasteiger charge is -2.40. The summed E-state index contributed by atoms with van der Waals surface area (Å²) in [6.07, 6.45) is 6.02. The number of hydrogen-bond acceptors (Lipinski definition) is 3. The van der Waals surface area contributed by atoms with Crippen molar-refractivity contribution >= 4 is 6.08 Å². The maximum absolute atomic E-state index is 11.4. The quantitative estimate of drug-likeness (QED) is 0.889. The molecule has 0 saturated carbocycles. The summed E-state index contributed by atoms with van der Waals surface area (Å²) in [4.78, 5) is 2.29. The van der Waals surface area contributed by atoms with Gasteiger partial charge in [-0.2, -0.15) is 0 Å². The number of likely N-dealkylation sites (N-methyl/N-ethyl adjacent to an activating group) is 1. The highest BCUT2D eigenvalue weighted by molar-refractivity contribution is 5.49. The zero-order valence-corrected chi connectivity index (χ0v) is 15.4. The number of hydrogen-bond donors (Lipinski definition) is 2. The second kappa shape index (κ2) is 7.36. The summed E-state index contributed by atoms with van der Waals surface area (Å²) in [5.74, 6) is 0. The van der Waals surface area contributed by atoms with Crippen LogP contribution in [0.5, 0.6) is 0 Å². The first-order valence-corrected chi connectivity index (χ1v) is 9.62. The molecule has 136 valence electrons. The van der Waals surface area contributed by atoms with E-state index in [9.17, 15) is 5.11 Å². The van der Waals surface area contributed by atoms with E-state index in [4.69, 9.17) is 0 Å². The highest BCUT2D eigenvalue weighted by Crippen LogP contribution is 2.51. The van der Waals surface area contributed by atoms with Gasteiger partial charge in [-0.1, -0.05) is 66.7 Å². The van der Waals surface area contributed by atoms with E-state index >= 15 is 0 Å². The smallest absolute Gasteiger partial charge is 0.0834 e. The first-order valence-electron chi connectivity index (χ1n) is 9.62. The number of benzene rings is 2. The van der Waals surface area contributed by atoms with Crippen molar-refractivity contribution in [2.75, 3.05) is 26.7 Å². The fourth-order valence-electron chi connectivity index (χ4n) is 4.79. The average Bonchev–Trinajstić information content (AvgIpc) is 2.92. The van der Waals surface area contributed by atoms with Gasteiger partial charge >= 0.3 is 0 Å². The molecular weight excluding hydrogens is 320 g/mol. The van der Waals surface area contributed by atoms with Crippen LogP contribution in [0.4, 0.5) is 0 Å². The molecule has 1 fully saturated rings. The van der Waals surface area contributed by atoms with Crippen LogP contribution < -0.4 is 5.32 Å². The van der Waals surface area contributed by atoms with E-state index in [-0.39, 0.29) is 17.6 Å². The minimum Gasteiger partial charge on any atom is -0.390 e. The monoisotopic (exact) mass is 348 g/mol. The Morgan fingerprint density at radius 2 is 1.77 bits per heavy atom. The SMILES string of the molecule is CN(CC=Cc1ccccc1)[C@@H]1c2ccccc2C2(CCNCC2)[C@H]1O. The van der Waals surface area contributed by atoms with Gasteiger partial charge in [0.25, 0.3) is 0 Å². The van der Waals surface area contributed by atoms with Crippen molar-refractivity contribution in [3.05, 3.63) is 77.4 Å². The minimum absolute atomic E-state index is 0.0599. The molecule has 0 aromatic heterocycles. The van der Waals surface area contributed by atoms with Crippen molar-refractivity contribution in [1.82, 2.24) is 10.2 Å². The zero-order valence-electron chi connectivity index (χ0n) is 15.4. The Labute approximate surface area is 156 Å². The van der Waals surface area contributed by atoms with Gasteiger partial charge in [-0.15, -0.1) is 0 Å². The Kier molecular flexibility index (Phi) is 4.94. The third kappa shape index (κ3) is 3.01. The molecule has 1 saturated heterocycles. The molecule has 0 unspecified atom stereocenters. The van der Waals surface area contributed by atoms with Gasteiger partial charge in [-0.05, 0) is 49.7 Å². The van der Waals surface area contributed by atoms with Gasteiger partial charge in [0.15, 0.2) is 0 Å². The van der Waals surface area contributed by atoms with Crippen LogP contribution in [0.2, 0.25) is 0 Å². The molecule has 3 nitrogen and oxygen atoms in total. The lowest BCUT2D eigenvalue weighted by molar-refractivity contribution is 0.00996. The first-order chi connectivity index (χ1) is 12.7. The van der Waals surface area contributed by atoms with Crippen LogP contribution >= 0.6 is 0 Å². The van der Waals surface area contributed by atoms with Crippen molar-refractivity contribution in [3.63, 3.8) is 0 Å². The van der Waals surface area contributed by atoms with E-state index in [1.165, 1.54) is 16.7 Å². The standard InChI is InChI=1S/C23H28N2O/c1-25(17-7-10-18-8-3-2-4-9-18)21-19-11-5-6-12-20(19)23(22(21)26)13-15-24-16-14-23/h2-12,21-22,24,26H,13-17H2,1H3/t21-,22+/m1/s1. The van der Waals surface area contributed by atoms with E-state index < -0.39 is 0 Å². The number of piperidine rings is 1. The molecule has 2 N–H and O–H groups in total. The van der Waals surface area contributed by atoms with Crippen molar-refractivity contribution < 1.29 is 5.11 Å². The zero-order chi connectivity index (χ0) is 18.0. The molecule has 1 spiro atoms. The Bertz CT molecular complexity index is 765. The molecule has 2 aromatic rings. The third-order valence-corrected chi connectivity index (χ3v) is 6.15. The van der Waals surface area contributed by atoms with Crippen molar-refractivity contribution in [2.24, 2.45) is 0 Å². The maximum atomic E-state index is 11.4. The van der Waals surface area contributed by atoms with Crippen molar-refractivity contribution in [1.29, 1.82) is 0 Å². The number of nitrogens with zero attached hydrogens (tertiary/aromatic N) is 1. The summed E-state index contributed by atoms with van der Waals surface area (Å²) < 4.78 is 0. The van der Waals surface area contributed by atoms with Crippen LogP contribution in [0, 0.1) is 0 Å². The molecule has 1 aliphatic heterocycles. The van der Waals surface area contributed by atoms with Gasteiger partial charge in [0, 0.05) is 12.0 Å². The predicted molar refractivity (Wildman–Crippen MR) is 107 cm³/mol. The number of aliphatic hydroxyl groups is 1. The fourth-order valence-corrected chi connectivity index (χ4v) is 4.79. The predicted octanol–water partition coefficient (Wildman–Crippen LogP) is 3.37. The maximum Gasteiger partial charge on any atom is 0.0834 e.